The van der Waals surface area contributed by atoms with Crippen LogP contribution in [0.4, 0.5) is 0 Å². The summed E-state index contributed by atoms with van der Waals surface area (Å²) < 4.78 is 10.4. The third-order valence-corrected chi connectivity index (χ3v) is 2.72. The monoisotopic (exact) mass is 300 g/mol. The number of carbonyl (C=O) groups excluding carboxylic acids is 2. The van der Waals surface area contributed by atoms with Gasteiger partial charge in [0, 0.05) is 6.08 Å². The van der Waals surface area contributed by atoms with Crippen LogP contribution in [0.5, 0.6) is 5.75 Å². The van der Waals surface area contributed by atoms with Crippen molar-refractivity contribution in [2.75, 3.05) is 6.61 Å². The van der Waals surface area contributed by atoms with Crippen LogP contribution >= 0.6 is 0 Å². The van der Waals surface area contributed by atoms with Crippen molar-refractivity contribution in [3.63, 3.8) is 0 Å². The number of para-hydroxylation sites is 1. The topological polar surface area (TPSA) is 80.6 Å². The first-order valence-corrected chi connectivity index (χ1v) is 6.64. The fraction of sp³-hybridized carbons (Fsp3) is 0.125. The highest BCUT2D eigenvalue weighted by Crippen LogP contribution is 2.15. The molecule has 22 heavy (non-hydrogen) atoms. The lowest BCUT2D eigenvalue weighted by Gasteiger charge is -2.09. The maximum Gasteiger partial charge on any atom is 0.276 e. The fourth-order valence-electron chi connectivity index (χ4n) is 1.61. The molecule has 2 N–H and O–H groups in total. The van der Waals surface area contributed by atoms with Crippen LogP contribution in [0.3, 0.4) is 0 Å². The lowest BCUT2D eigenvalue weighted by atomic mass is 10.2. The average Bonchev–Trinajstić information content (AvgIpc) is 3.03. The van der Waals surface area contributed by atoms with Crippen molar-refractivity contribution in [3.8, 4) is 5.75 Å². The van der Waals surface area contributed by atoms with E-state index in [0.29, 0.717) is 11.5 Å². The van der Waals surface area contributed by atoms with Crippen molar-refractivity contribution in [1.82, 2.24) is 10.9 Å². The number of aryl methyl sites for hydroxylation is 1. The van der Waals surface area contributed by atoms with Crippen LogP contribution in [0.1, 0.15) is 11.3 Å². The molecule has 0 saturated heterocycles. The molecular weight excluding hydrogens is 284 g/mol. The van der Waals surface area contributed by atoms with Crippen molar-refractivity contribution in [1.29, 1.82) is 0 Å². The minimum absolute atomic E-state index is 0.187. The predicted molar refractivity (Wildman–Crippen MR) is 80.7 cm³/mol. The molecule has 0 spiro atoms. The second-order valence-electron chi connectivity index (χ2n) is 4.44. The van der Waals surface area contributed by atoms with Gasteiger partial charge in [0.15, 0.2) is 6.61 Å². The number of carbonyl (C=O) groups is 2. The fourth-order valence-corrected chi connectivity index (χ4v) is 1.61. The highest BCUT2D eigenvalue weighted by atomic mass is 16.5. The zero-order chi connectivity index (χ0) is 15.8. The van der Waals surface area contributed by atoms with Gasteiger partial charge in [-0.1, -0.05) is 18.2 Å². The van der Waals surface area contributed by atoms with Crippen LogP contribution < -0.4 is 15.6 Å². The molecule has 2 aromatic rings. The Morgan fingerprint density at radius 1 is 1.18 bits per heavy atom. The molecule has 1 heterocycles. The Bertz CT molecular complexity index is 663. The first kappa shape index (κ1) is 15.4. The van der Waals surface area contributed by atoms with Gasteiger partial charge in [0.05, 0.1) is 6.26 Å². The van der Waals surface area contributed by atoms with Gasteiger partial charge in [-0.05, 0) is 36.8 Å². The van der Waals surface area contributed by atoms with Crippen LogP contribution in [-0.2, 0) is 9.59 Å². The number of hydrogen-bond acceptors (Lipinski definition) is 4. The van der Waals surface area contributed by atoms with Gasteiger partial charge in [-0.25, -0.2) is 0 Å². The molecule has 0 radical (unpaired) electrons. The first-order valence-electron chi connectivity index (χ1n) is 6.64. The summed E-state index contributed by atoms with van der Waals surface area (Å²) in [5.41, 5.74) is 5.44. The number of benzene rings is 1. The molecule has 0 aliphatic heterocycles. The minimum atomic E-state index is -0.472. The summed E-state index contributed by atoms with van der Waals surface area (Å²) in [5.74, 6) is 0.245. The second kappa shape index (κ2) is 7.68. The van der Waals surface area contributed by atoms with E-state index in [4.69, 9.17) is 9.15 Å². The molecule has 6 heteroatoms. The van der Waals surface area contributed by atoms with Gasteiger partial charge in [0.1, 0.15) is 11.5 Å². The highest BCUT2D eigenvalue weighted by Gasteiger charge is 2.05. The van der Waals surface area contributed by atoms with Gasteiger partial charge >= 0.3 is 0 Å². The Hall–Kier alpha value is -3.02. The molecule has 2 amide bonds. The largest absolute Gasteiger partial charge is 0.483 e. The van der Waals surface area contributed by atoms with E-state index >= 15 is 0 Å². The summed E-state index contributed by atoms with van der Waals surface area (Å²) in [6.45, 7) is 1.70. The Morgan fingerprint density at radius 2 is 2.00 bits per heavy atom. The number of furan rings is 1. The van der Waals surface area contributed by atoms with Crippen LogP contribution in [0.25, 0.3) is 6.08 Å². The second-order valence-corrected chi connectivity index (χ2v) is 4.44. The smallest absolute Gasteiger partial charge is 0.276 e. The molecule has 1 aromatic carbocycles. The molecule has 0 fully saturated rings. The molecule has 0 aliphatic rings. The van der Waals surface area contributed by atoms with Crippen molar-refractivity contribution >= 4 is 17.9 Å². The molecule has 0 atom stereocenters. The van der Waals surface area contributed by atoms with Crippen molar-refractivity contribution in [2.45, 2.75) is 6.92 Å². The lowest BCUT2D eigenvalue weighted by Crippen LogP contribution is -2.43. The molecule has 0 bridgehead atoms. The third-order valence-electron chi connectivity index (χ3n) is 2.72. The standard InChI is InChI=1S/C16H16N2O4/c1-12-5-2-3-7-14(12)22-11-16(20)18-17-15(19)9-8-13-6-4-10-21-13/h2-10H,11H2,1H3,(H,17,19)(H,18,20). The minimum Gasteiger partial charge on any atom is -0.483 e. The summed E-state index contributed by atoms with van der Waals surface area (Å²) in [6, 6.07) is 10.8. The van der Waals surface area contributed by atoms with E-state index in [0.717, 1.165) is 5.56 Å². The molecule has 2 rings (SSSR count). The van der Waals surface area contributed by atoms with Crippen LogP contribution in [0, 0.1) is 6.92 Å². The molecular formula is C16H16N2O4. The Kier molecular flexibility index (Phi) is 5.37. The zero-order valence-electron chi connectivity index (χ0n) is 12.0. The number of hydrazine groups is 1. The van der Waals surface area contributed by atoms with Gasteiger partial charge in [0.25, 0.3) is 11.8 Å². The SMILES string of the molecule is Cc1ccccc1OCC(=O)NNC(=O)C=Cc1ccco1. The normalized spacial score (nSPS) is 10.4. The van der Waals surface area contributed by atoms with E-state index in [1.165, 1.54) is 18.4 Å². The quantitative estimate of drug-likeness (QED) is 0.652. The molecule has 6 nitrogen and oxygen atoms in total. The number of ether oxygens (including phenoxy) is 1. The Labute approximate surface area is 127 Å². The molecule has 0 unspecified atom stereocenters. The van der Waals surface area contributed by atoms with Crippen LogP contribution in [-0.4, -0.2) is 18.4 Å². The Balaban J connectivity index is 1.71. The van der Waals surface area contributed by atoms with Crippen molar-refractivity contribution in [3.05, 3.63) is 60.1 Å². The molecule has 0 saturated carbocycles. The van der Waals surface area contributed by atoms with Crippen molar-refractivity contribution in [2.24, 2.45) is 0 Å². The number of amides is 2. The van der Waals surface area contributed by atoms with Crippen molar-refractivity contribution < 1.29 is 18.7 Å². The van der Waals surface area contributed by atoms with Gasteiger partial charge in [-0.2, -0.15) is 0 Å². The van der Waals surface area contributed by atoms with Crippen LogP contribution in [0.15, 0.2) is 53.2 Å². The lowest BCUT2D eigenvalue weighted by molar-refractivity contribution is -0.128. The van der Waals surface area contributed by atoms with E-state index in [-0.39, 0.29) is 6.61 Å². The summed E-state index contributed by atoms with van der Waals surface area (Å²) >= 11 is 0. The molecule has 114 valence electrons. The van der Waals surface area contributed by atoms with Gasteiger partial charge in [-0.15, -0.1) is 0 Å². The maximum absolute atomic E-state index is 11.6. The average molecular weight is 300 g/mol. The summed E-state index contributed by atoms with van der Waals surface area (Å²) in [5, 5.41) is 0. The third kappa shape index (κ3) is 4.82. The maximum atomic E-state index is 11.6. The summed E-state index contributed by atoms with van der Waals surface area (Å²) in [7, 11) is 0. The van der Waals surface area contributed by atoms with Gasteiger partial charge in [-0.3, -0.25) is 20.4 Å². The van der Waals surface area contributed by atoms with Crippen LogP contribution in [0.2, 0.25) is 0 Å². The van der Waals surface area contributed by atoms with E-state index in [9.17, 15) is 9.59 Å². The number of rotatable bonds is 5. The molecule has 1 aromatic heterocycles. The van der Waals surface area contributed by atoms with E-state index in [2.05, 4.69) is 10.9 Å². The summed E-state index contributed by atoms with van der Waals surface area (Å²) in [4.78, 5) is 23.0. The van der Waals surface area contributed by atoms with E-state index in [1.807, 2.05) is 25.1 Å². The number of nitrogens with one attached hydrogen (secondary N) is 2. The number of hydrogen-bond donors (Lipinski definition) is 2. The zero-order valence-corrected chi connectivity index (χ0v) is 12.0. The first-order chi connectivity index (χ1) is 10.6. The molecule has 0 aliphatic carbocycles. The van der Waals surface area contributed by atoms with Gasteiger partial charge < -0.3 is 9.15 Å². The Morgan fingerprint density at radius 3 is 2.73 bits per heavy atom. The summed E-state index contributed by atoms with van der Waals surface area (Å²) in [6.07, 6.45) is 4.24. The highest BCUT2D eigenvalue weighted by molar-refractivity contribution is 5.92. The predicted octanol–water partition coefficient (Wildman–Crippen LogP) is 1.83. The van der Waals surface area contributed by atoms with E-state index < -0.39 is 11.8 Å². The van der Waals surface area contributed by atoms with Gasteiger partial charge in [0.2, 0.25) is 0 Å². The van der Waals surface area contributed by atoms with E-state index in [1.54, 1.807) is 18.2 Å².